The molecule has 3 heteroatoms. The van der Waals surface area contributed by atoms with Gasteiger partial charge in [-0.25, -0.2) is 0 Å². The highest BCUT2D eigenvalue weighted by Gasteiger charge is 2.15. The first-order valence-electron chi connectivity index (χ1n) is 2.83. The average Bonchev–Trinajstić information content (AvgIpc) is 1.60. The van der Waals surface area contributed by atoms with Gasteiger partial charge >= 0.3 is 0 Å². The molecule has 50 valence electrons. The molecule has 0 aromatic carbocycles. The molecule has 1 rings (SSSR count). The number of thiol groups is 1. The third-order valence-electron chi connectivity index (χ3n) is 1.08. The third-order valence-corrected chi connectivity index (χ3v) is 1.30. The molecule has 1 heterocycles. The van der Waals surface area contributed by atoms with Crippen LogP contribution >= 0.6 is 12.6 Å². The van der Waals surface area contributed by atoms with Gasteiger partial charge in [-0.3, -0.25) is 4.99 Å². The van der Waals surface area contributed by atoms with Crippen molar-refractivity contribution in [2.45, 2.75) is 18.8 Å². The van der Waals surface area contributed by atoms with Crippen LogP contribution in [0.2, 0.25) is 0 Å². The van der Waals surface area contributed by atoms with Gasteiger partial charge in [-0.2, -0.15) is 0 Å². The SMILES string of the molecule is CC1=NC(C)(S)NC=C1. The van der Waals surface area contributed by atoms with Crippen molar-refractivity contribution >= 4 is 18.3 Å². The molecule has 0 aromatic rings. The molecule has 1 atom stereocenters. The molecular formula is C6H10N2S. The number of nitrogens with one attached hydrogen (secondary N) is 1. The van der Waals surface area contributed by atoms with E-state index >= 15 is 0 Å². The summed E-state index contributed by atoms with van der Waals surface area (Å²) in [4.78, 5) is 3.79. The molecule has 0 aromatic heterocycles. The van der Waals surface area contributed by atoms with Crippen LogP contribution in [0.4, 0.5) is 0 Å². The maximum absolute atomic E-state index is 4.23. The fourth-order valence-corrected chi connectivity index (χ4v) is 0.965. The van der Waals surface area contributed by atoms with Gasteiger partial charge in [-0.1, -0.05) is 0 Å². The molecule has 0 radical (unpaired) electrons. The summed E-state index contributed by atoms with van der Waals surface area (Å²) < 4.78 is 0. The zero-order valence-electron chi connectivity index (χ0n) is 5.55. The second-order valence-corrected chi connectivity index (χ2v) is 3.12. The smallest absolute Gasteiger partial charge is 0.171 e. The lowest BCUT2D eigenvalue weighted by Gasteiger charge is -2.22. The highest BCUT2D eigenvalue weighted by atomic mass is 32.1. The van der Waals surface area contributed by atoms with Gasteiger partial charge in [0.05, 0.1) is 0 Å². The Bertz CT molecular complexity index is 170. The molecule has 1 aliphatic heterocycles. The van der Waals surface area contributed by atoms with E-state index in [0.717, 1.165) is 5.71 Å². The fraction of sp³-hybridized carbons (Fsp3) is 0.500. The summed E-state index contributed by atoms with van der Waals surface area (Å²) in [5, 5.41) is 2.98. The predicted octanol–water partition coefficient (Wildman–Crippen LogP) is 1.17. The van der Waals surface area contributed by atoms with Crippen LogP contribution in [-0.2, 0) is 0 Å². The monoisotopic (exact) mass is 142 g/mol. The van der Waals surface area contributed by atoms with E-state index in [-0.39, 0.29) is 0 Å². The average molecular weight is 142 g/mol. The van der Waals surface area contributed by atoms with Gasteiger partial charge in [0.1, 0.15) is 0 Å². The Labute approximate surface area is 60.5 Å². The molecule has 0 amide bonds. The van der Waals surface area contributed by atoms with Crippen molar-refractivity contribution in [3.05, 3.63) is 12.3 Å². The molecule has 0 saturated heterocycles. The van der Waals surface area contributed by atoms with Crippen molar-refractivity contribution in [2.75, 3.05) is 0 Å². The first kappa shape index (κ1) is 6.68. The Kier molecular flexibility index (Phi) is 1.53. The molecule has 0 fully saturated rings. The van der Waals surface area contributed by atoms with Crippen LogP contribution in [0.25, 0.3) is 0 Å². The fourth-order valence-electron chi connectivity index (χ4n) is 0.733. The number of hydrogen-bond acceptors (Lipinski definition) is 3. The first-order chi connectivity index (χ1) is 4.10. The third kappa shape index (κ3) is 1.75. The Morgan fingerprint density at radius 3 is 2.78 bits per heavy atom. The van der Waals surface area contributed by atoms with Gasteiger partial charge in [0.25, 0.3) is 0 Å². The Balaban J connectivity index is 2.78. The Hall–Kier alpha value is -0.440. The van der Waals surface area contributed by atoms with Crippen LogP contribution in [0.15, 0.2) is 17.3 Å². The van der Waals surface area contributed by atoms with E-state index in [2.05, 4.69) is 22.9 Å². The van der Waals surface area contributed by atoms with Gasteiger partial charge in [-0.15, -0.1) is 12.6 Å². The molecule has 0 spiro atoms. The van der Waals surface area contributed by atoms with Crippen LogP contribution in [0.5, 0.6) is 0 Å². The maximum Gasteiger partial charge on any atom is 0.171 e. The van der Waals surface area contributed by atoms with E-state index in [0.29, 0.717) is 0 Å². The van der Waals surface area contributed by atoms with Crippen LogP contribution < -0.4 is 5.32 Å². The topological polar surface area (TPSA) is 24.4 Å². The quantitative estimate of drug-likeness (QED) is 0.487. The highest BCUT2D eigenvalue weighted by molar-refractivity contribution is 7.81. The van der Waals surface area contributed by atoms with Crippen molar-refractivity contribution in [3.63, 3.8) is 0 Å². The number of allylic oxidation sites excluding steroid dienone is 1. The largest absolute Gasteiger partial charge is 0.359 e. The van der Waals surface area contributed by atoms with Crippen molar-refractivity contribution < 1.29 is 0 Å². The van der Waals surface area contributed by atoms with Gasteiger partial charge < -0.3 is 5.32 Å². The van der Waals surface area contributed by atoms with E-state index < -0.39 is 4.99 Å². The summed E-state index contributed by atoms with van der Waals surface area (Å²) in [5.41, 5.74) is 1.01. The van der Waals surface area contributed by atoms with Crippen molar-refractivity contribution in [1.82, 2.24) is 5.32 Å². The zero-order valence-corrected chi connectivity index (χ0v) is 6.44. The summed E-state index contributed by atoms with van der Waals surface area (Å²) in [5.74, 6) is 0. The van der Waals surface area contributed by atoms with Crippen molar-refractivity contribution in [2.24, 2.45) is 4.99 Å². The minimum Gasteiger partial charge on any atom is -0.359 e. The summed E-state index contributed by atoms with van der Waals surface area (Å²) in [6.45, 7) is 3.86. The van der Waals surface area contributed by atoms with E-state index in [1.165, 1.54) is 0 Å². The Morgan fingerprint density at radius 2 is 2.44 bits per heavy atom. The lowest BCUT2D eigenvalue weighted by molar-refractivity contribution is 0.610. The summed E-state index contributed by atoms with van der Waals surface area (Å²) in [6.07, 6.45) is 3.77. The Morgan fingerprint density at radius 1 is 1.78 bits per heavy atom. The molecular weight excluding hydrogens is 132 g/mol. The highest BCUT2D eigenvalue weighted by Crippen LogP contribution is 2.13. The lowest BCUT2D eigenvalue weighted by Crippen LogP contribution is -2.33. The van der Waals surface area contributed by atoms with Gasteiger partial charge in [0.15, 0.2) is 4.99 Å². The lowest BCUT2D eigenvalue weighted by atomic mass is 10.3. The second kappa shape index (κ2) is 2.06. The molecule has 2 nitrogen and oxygen atoms in total. The van der Waals surface area contributed by atoms with Crippen molar-refractivity contribution in [3.8, 4) is 0 Å². The van der Waals surface area contributed by atoms with Gasteiger partial charge in [0.2, 0.25) is 0 Å². The molecule has 9 heavy (non-hydrogen) atoms. The number of nitrogens with zero attached hydrogens (tertiary/aromatic N) is 1. The maximum atomic E-state index is 4.23. The molecule has 1 aliphatic rings. The number of hydrogen-bond donors (Lipinski definition) is 2. The minimum atomic E-state index is -0.404. The predicted molar refractivity (Wildman–Crippen MR) is 42.8 cm³/mol. The molecule has 0 bridgehead atoms. The van der Waals surface area contributed by atoms with E-state index in [9.17, 15) is 0 Å². The van der Waals surface area contributed by atoms with Gasteiger partial charge in [-0.05, 0) is 19.9 Å². The number of rotatable bonds is 0. The second-order valence-electron chi connectivity index (χ2n) is 2.25. The summed E-state index contributed by atoms with van der Waals surface area (Å²) in [6, 6.07) is 0. The van der Waals surface area contributed by atoms with Crippen LogP contribution in [0.3, 0.4) is 0 Å². The van der Waals surface area contributed by atoms with Gasteiger partial charge in [0, 0.05) is 11.9 Å². The van der Waals surface area contributed by atoms with Crippen LogP contribution in [0, 0.1) is 0 Å². The first-order valence-corrected chi connectivity index (χ1v) is 3.28. The standard InChI is InChI=1S/C6H10N2S/c1-5-3-4-7-6(2,9)8-5/h3-4,7,9H,1-2H3. The van der Waals surface area contributed by atoms with E-state index in [1.807, 2.05) is 26.1 Å². The van der Waals surface area contributed by atoms with Crippen LogP contribution in [-0.4, -0.2) is 10.7 Å². The van der Waals surface area contributed by atoms with Crippen molar-refractivity contribution in [1.29, 1.82) is 0 Å². The molecule has 1 N–H and O–H groups in total. The molecule has 1 unspecified atom stereocenters. The van der Waals surface area contributed by atoms with Crippen LogP contribution in [0.1, 0.15) is 13.8 Å². The zero-order chi connectivity index (χ0) is 6.91. The number of aliphatic imine (C=N–C) groups is 1. The van der Waals surface area contributed by atoms with E-state index in [1.54, 1.807) is 0 Å². The summed E-state index contributed by atoms with van der Waals surface area (Å²) in [7, 11) is 0. The summed E-state index contributed by atoms with van der Waals surface area (Å²) >= 11 is 4.23. The molecule has 0 saturated carbocycles. The van der Waals surface area contributed by atoms with E-state index in [4.69, 9.17) is 0 Å². The normalized spacial score (nSPS) is 33.4. The molecule has 0 aliphatic carbocycles. The minimum absolute atomic E-state index is 0.404.